The SMILES string of the molecule is COC1=C=C=CC2=C1C1(C2)OCCO1. The van der Waals surface area contributed by atoms with Crippen molar-refractivity contribution in [1.29, 1.82) is 0 Å². The molecule has 2 aliphatic carbocycles. The molecule has 1 spiro atoms. The molecule has 0 atom stereocenters. The summed E-state index contributed by atoms with van der Waals surface area (Å²) in [5.41, 5.74) is 8.02. The Balaban J connectivity index is 2.04. The van der Waals surface area contributed by atoms with Crippen LogP contribution in [0.5, 0.6) is 0 Å². The van der Waals surface area contributed by atoms with Gasteiger partial charge in [0, 0.05) is 6.42 Å². The lowest BCUT2D eigenvalue weighted by Gasteiger charge is -2.40. The number of fused-ring (bicyclic) bond motifs is 1. The van der Waals surface area contributed by atoms with E-state index >= 15 is 0 Å². The lowest BCUT2D eigenvalue weighted by Crippen LogP contribution is -2.42. The molecule has 3 aliphatic rings. The lowest BCUT2D eigenvalue weighted by atomic mass is 9.79. The summed E-state index contributed by atoms with van der Waals surface area (Å²) in [6, 6.07) is 0. The fraction of sp³-hybridized carbons (Fsp3) is 0.455. The van der Waals surface area contributed by atoms with Crippen LogP contribution in [-0.2, 0) is 14.2 Å². The predicted molar refractivity (Wildman–Crippen MR) is 48.4 cm³/mol. The standard InChI is InChI=1S/C11H10O3/c1-12-9-4-2-3-8-7-11(10(8)9)13-5-6-14-11/h3H,5-7H2,1H3. The molecule has 3 rings (SSSR count). The summed E-state index contributed by atoms with van der Waals surface area (Å²) >= 11 is 0. The van der Waals surface area contributed by atoms with Crippen LogP contribution < -0.4 is 0 Å². The second kappa shape index (κ2) is 2.63. The summed E-state index contributed by atoms with van der Waals surface area (Å²) in [7, 11) is 1.63. The summed E-state index contributed by atoms with van der Waals surface area (Å²) in [6.07, 6.45) is 2.71. The highest BCUT2D eigenvalue weighted by atomic mass is 16.7. The fourth-order valence-corrected chi connectivity index (χ4v) is 2.11. The third kappa shape index (κ3) is 0.848. The van der Waals surface area contributed by atoms with Crippen molar-refractivity contribution in [3.05, 3.63) is 34.4 Å². The summed E-state index contributed by atoms with van der Waals surface area (Å²) in [5, 5.41) is 0. The van der Waals surface area contributed by atoms with Crippen molar-refractivity contribution in [1.82, 2.24) is 0 Å². The quantitative estimate of drug-likeness (QED) is 0.583. The molecule has 0 saturated carbocycles. The summed E-state index contributed by atoms with van der Waals surface area (Å²) < 4.78 is 16.4. The topological polar surface area (TPSA) is 27.7 Å². The van der Waals surface area contributed by atoms with Crippen LogP contribution in [0.4, 0.5) is 0 Å². The van der Waals surface area contributed by atoms with Crippen molar-refractivity contribution in [2.24, 2.45) is 0 Å². The first-order valence-electron chi connectivity index (χ1n) is 4.63. The zero-order chi connectivity index (χ0) is 9.60. The van der Waals surface area contributed by atoms with E-state index in [4.69, 9.17) is 14.2 Å². The van der Waals surface area contributed by atoms with Crippen LogP contribution in [0.2, 0.25) is 0 Å². The van der Waals surface area contributed by atoms with Crippen molar-refractivity contribution in [3.63, 3.8) is 0 Å². The molecule has 1 heterocycles. The number of allylic oxidation sites excluding steroid dienone is 1. The van der Waals surface area contributed by atoms with Crippen LogP contribution in [0.25, 0.3) is 0 Å². The number of methoxy groups -OCH3 is 1. The Hall–Kier alpha value is -1.24. The van der Waals surface area contributed by atoms with Gasteiger partial charge in [-0.3, -0.25) is 0 Å². The summed E-state index contributed by atoms with van der Waals surface area (Å²) in [5.74, 6) is 0.155. The van der Waals surface area contributed by atoms with Gasteiger partial charge in [-0.2, -0.15) is 0 Å². The molecule has 3 heteroatoms. The monoisotopic (exact) mass is 190 g/mol. The van der Waals surface area contributed by atoms with E-state index in [1.807, 2.05) is 6.08 Å². The molecule has 0 aromatic carbocycles. The van der Waals surface area contributed by atoms with Crippen LogP contribution in [0.15, 0.2) is 34.4 Å². The van der Waals surface area contributed by atoms with E-state index in [2.05, 4.69) is 11.5 Å². The van der Waals surface area contributed by atoms with Crippen LogP contribution >= 0.6 is 0 Å². The maximum absolute atomic E-state index is 5.61. The molecule has 0 aromatic heterocycles. The van der Waals surface area contributed by atoms with E-state index in [-0.39, 0.29) is 0 Å². The maximum Gasteiger partial charge on any atom is 0.203 e. The maximum atomic E-state index is 5.61. The van der Waals surface area contributed by atoms with Gasteiger partial charge in [0.05, 0.1) is 25.9 Å². The Labute approximate surface area is 82.0 Å². The Morgan fingerprint density at radius 1 is 1.43 bits per heavy atom. The largest absolute Gasteiger partial charge is 0.488 e. The second-order valence-corrected chi connectivity index (χ2v) is 3.47. The van der Waals surface area contributed by atoms with Gasteiger partial charge >= 0.3 is 0 Å². The van der Waals surface area contributed by atoms with Crippen molar-refractivity contribution in [2.75, 3.05) is 20.3 Å². The minimum absolute atomic E-state index is 0.535. The van der Waals surface area contributed by atoms with Crippen LogP contribution in [0, 0.1) is 0 Å². The molecular weight excluding hydrogens is 180 g/mol. The van der Waals surface area contributed by atoms with Crippen LogP contribution in [0.3, 0.4) is 0 Å². The third-order valence-corrected chi connectivity index (χ3v) is 2.74. The Kier molecular flexibility index (Phi) is 1.52. The van der Waals surface area contributed by atoms with Crippen molar-refractivity contribution >= 4 is 0 Å². The molecule has 0 radical (unpaired) electrons. The molecular formula is C11H10O3. The van der Waals surface area contributed by atoms with E-state index in [0.29, 0.717) is 19.0 Å². The van der Waals surface area contributed by atoms with Crippen molar-refractivity contribution in [2.45, 2.75) is 12.2 Å². The zero-order valence-corrected chi connectivity index (χ0v) is 7.92. The average Bonchev–Trinajstić information content (AvgIpc) is 2.66. The molecule has 3 nitrogen and oxygen atoms in total. The van der Waals surface area contributed by atoms with Gasteiger partial charge in [-0.15, -0.1) is 0 Å². The van der Waals surface area contributed by atoms with E-state index < -0.39 is 5.79 Å². The Bertz CT molecular complexity index is 412. The first-order chi connectivity index (χ1) is 6.86. The number of ether oxygens (including phenoxy) is 3. The third-order valence-electron chi connectivity index (χ3n) is 2.74. The van der Waals surface area contributed by atoms with Crippen LogP contribution in [0.1, 0.15) is 6.42 Å². The molecule has 1 saturated heterocycles. The van der Waals surface area contributed by atoms with Gasteiger partial charge in [-0.1, -0.05) is 5.73 Å². The summed E-state index contributed by atoms with van der Waals surface area (Å²) in [6.45, 7) is 1.31. The molecule has 0 N–H and O–H groups in total. The number of hydrogen-bond acceptors (Lipinski definition) is 3. The number of rotatable bonds is 1. The van der Waals surface area contributed by atoms with Crippen molar-refractivity contribution in [3.8, 4) is 0 Å². The highest BCUT2D eigenvalue weighted by Gasteiger charge is 2.52. The van der Waals surface area contributed by atoms with Gasteiger partial charge in [0.25, 0.3) is 0 Å². The minimum atomic E-state index is -0.535. The van der Waals surface area contributed by atoms with E-state index in [1.54, 1.807) is 7.11 Å². The molecule has 0 bridgehead atoms. The molecule has 0 aromatic rings. The normalized spacial score (nSPS) is 26.2. The van der Waals surface area contributed by atoms with E-state index in [1.165, 1.54) is 5.57 Å². The fourth-order valence-electron chi connectivity index (χ4n) is 2.11. The second-order valence-electron chi connectivity index (χ2n) is 3.47. The van der Waals surface area contributed by atoms with Gasteiger partial charge in [-0.05, 0) is 17.4 Å². The van der Waals surface area contributed by atoms with Gasteiger partial charge in [-0.25, -0.2) is 0 Å². The lowest BCUT2D eigenvalue weighted by molar-refractivity contribution is -0.141. The van der Waals surface area contributed by atoms with Crippen LogP contribution in [-0.4, -0.2) is 26.1 Å². The molecule has 1 fully saturated rings. The van der Waals surface area contributed by atoms with E-state index in [9.17, 15) is 0 Å². The zero-order valence-electron chi connectivity index (χ0n) is 7.92. The molecule has 72 valence electrons. The molecule has 0 unspecified atom stereocenters. The first-order valence-corrected chi connectivity index (χ1v) is 4.63. The Morgan fingerprint density at radius 2 is 2.21 bits per heavy atom. The van der Waals surface area contributed by atoms with Crippen molar-refractivity contribution < 1.29 is 14.2 Å². The van der Waals surface area contributed by atoms with Gasteiger partial charge < -0.3 is 14.2 Å². The van der Waals surface area contributed by atoms with Gasteiger partial charge in [0.15, 0.2) is 5.76 Å². The van der Waals surface area contributed by atoms with Gasteiger partial charge in [0.2, 0.25) is 5.79 Å². The molecule has 1 aliphatic heterocycles. The summed E-state index contributed by atoms with van der Waals surface area (Å²) in [4.78, 5) is 0. The minimum Gasteiger partial charge on any atom is -0.488 e. The number of hydrogen-bond donors (Lipinski definition) is 0. The highest BCUT2D eigenvalue weighted by Crippen LogP contribution is 2.49. The van der Waals surface area contributed by atoms with E-state index in [0.717, 1.165) is 12.0 Å². The smallest absolute Gasteiger partial charge is 0.203 e. The molecule has 14 heavy (non-hydrogen) atoms. The molecule has 0 amide bonds. The Morgan fingerprint density at radius 3 is 2.93 bits per heavy atom. The van der Waals surface area contributed by atoms with Gasteiger partial charge in [0.1, 0.15) is 0 Å². The highest BCUT2D eigenvalue weighted by molar-refractivity contribution is 5.53. The average molecular weight is 190 g/mol. The predicted octanol–water partition coefficient (Wildman–Crippen LogP) is 1.28. The first kappa shape index (κ1) is 8.10.